The minimum absolute atomic E-state index is 0.713. The molecule has 0 fully saturated rings. The summed E-state index contributed by atoms with van der Waals surface area (Å²) in [4.78, 5) is 14.2. The van der Waals surface area contributed by atoms with Crippen LogP contribution in [-0.2, 0) is 0 Å². The molecule has 2 aromatic heterocycles. The fraction of sp³-hybridized carbons (Fsp3) is 0. The highest BCUT2D eigenvalue weighted by atomic mass is 15.1. The first-order valence-corrected chi connectivity index (χ1v) is 22.6. The molecule has 0 N–H and O–H groups in total. The molecule has 0 amide bonds. The number of benzene rings is 10. The van der Waals surface area contributed by atoms with Gasteiger partial charge in [0.1, 0.15) is 0 Å². The van der Waals surface area contributed by atoms with Gasteiger partial charge in [-0.1, -0.05) is 127 Å². The van der Waals surface area contributed by atoms with Crippen molar-refractivity contribution in [2.45, 2.75) is 0 Å². The first-order chi connectivity index (χ1) is 33.2. The summed E-state index contributed by atoms with van der Waals surface area (Å²) in [6.45, 7) is 0. The molecular formula is C62H43N5. The molecule has 0 aliphatic rings. The van der Waals surface area contributed by atoms with Crippen LogP contribution in [0.3, 0.4) is 0 Å². The third-order valence-corrected chi connectivity index (χ3v) is 12.6. The van der Waals surface area contributed by atoms with E-state index >= 15 is 0 Å². The van der Waals surface area contributed by atoms with Crippen LogP contribution in [-0.4, -0.2) is 14.5 Å². The van der Waals surface area contributed by atoms with Gasteiger partial charge in [-0.2, -0.15) is 0 Å². The van der Waals surface area contributed by atoms with Crippen molar-refractivity contribution in [2.75, 3.05) is 9.80 Å². The quantitative estimate of drug-likeness (QED) is 0.137. The van der Waals surface area contributed by atoms with Gasteiger partial charge in [-0.15, -0.1) is 0 Å². The summed E-state index contributed by atoms with van der Waals surface area (Å²) in [5.41, 5.74) is 16.5. The van der Waals surface area contributed by atoms with Crippen molar-refractivity contribution in [2.24, 2.45) is 0 Å². The third kappa shape index (κ3) is 7.54. The van der Waals surface area contributed by atoms with Crippen LogP contribution in [0.15, 0.2) is 261 Å². The van der Waals surface area contributed by atoms with Crippen molar-refractivity contribution < 1.29 is 0 Å². The summed E-state index contributed by atoms with van der Waals surface area (Å²) in [7, 11) is 0. The fourth-order valence-electron chi connectivity index (χ4n) is 9.34. The zero-order chi connectivity index (χ0) is 44.5. The molecule has 0 unspecified atom stereocenters. The van der Waals surface area contributed by atoms with E-state index in [0.29, 0.717) is 5.82 Å². The Morgan fingerprint density at radius 2 is 0.687 bits per heavy atom. The molecule has 12 aromatic rings. The lowest BCUT2D eigenvalue weighted by atomic mass is 9.99. The topological polar surface area (TPSA) is 37.2 Å². The predicted octanol–water partition coefficient (Wildman–Crippen LogP) is 16.7. The highest BCUT2D eigenvalue weighted by Crippen LogP contribution is 2.41. The second kappa shape index (κ2) is 17.1. The van der Waals surface area contributed by atoms with Crippen molar-refractivity contribution in [3.8, 4) is 39.3 Å². The first-order valence-electron chi connectivity index (χ1n) is 22.6. The van der Waals surface area contributed by atoms with E-state index in [2.05, 4.69) is 245 Å². The number of hydrogen-bond acceptors (Lipinski definition) is 4. The Hall–Kier alpha value is -9.06. The average molecular weight is 858 g/mol. The Labute approximate surface area is 389 Å². The predicted molar refractivity (Wildman–Crippen MR) is 280 cm³/mol. The van der Waals surface area contributed by atoms with Crippen LogP contribution in [0.4, 0.5) is 34.1 Å². The maximum atomic E-state index is 4.88. The van der Waals surface area contributed by atoms with Gasteiger partial charge in [-0.25, -0.2) is 9.97 Å². The van der Waals surface area contributed by atoms with E-state index in [1.807, 2.05) is 30.5 Å². The van der Waals surface area contributed by atoms with Crippen molar-refractivity contribution in [1.82, 2.24) is 14.5 Å². The molecule has 0 bridgehead atoms. The second-order valence-electron chi connectivity index (χ2n) is 16.7. The van der Waals surface area contributed by atoms with E-state index in [9.17, 15) is 0 Å². The number of anilines is 6. The SMILES string of the molecule is c1ccc(N(c2ccccc2)c2ccc(-c3ccc4c(c3)c3cc(-c5ccc(N(c6ccccc6)c6ccccc6)cc5)ccc3n4-c3ccc(-c4ncc5ccccc5n4)cc3)cc2)cc1. The van der Waals surface area contributed by atoms with Crippen molar-refractivity contribution >= 4 is 66.8 Å². The molecule has 0 aliphatic carbocycles. The maximum Gasteiger partial charge on any atom is 0.159 e. The van der Waals surface area contributed by atoms with Crippen molar-refractivity contribution in [3.63, 3.8) is 0 Å². The average Bonchev–Trinajstić information content (AvgIpc) is 3.73. The van der Waals surface area contributed by atoms with E-state index in [-0.39, 0.29) is 0 Å². The second-order valence-corrected chi connectivity index (χ2v) is 16.7. The van der Waals surface area contributed by atoms with Crippen LogP contribution >= 0.6 is 0 Å². The maximum absolute atomic E-state index is 4.88. The Kier molecular flexibility index (Phi) is 10.1. The van der Waals surface area contributed by atoms with Crippen LogP contribution in [0.25, 0.3) is 72.0 Å². The summed E-state index contributed by atoms with van der Waals surface area (Å²) < 4.78 is 2.38. The molecule has 5 nitrogen and oxygen atoms in total. The molecule has 0 spiro atoms. The smallest absolute Gasteiger partial charge is 0.159 e. The number of fused-ring (bicyclic) bond motifs is 4. The van der Waals surface area contributed by atoms with Gasteiger partial charge in [0, 0.05) is 67.7 Å². The monoisotopic (exact) mass is 857 g/mol. The Balaban J connectivity index is 0.952. The van der Waals surface area contributed by atoms with Crippen LogP contribution in [0.1, 0.15) is 0 Å². The first kappa shape index (κ1) is 39.5. The molecule has 67 heavy (non-hydrogen) atoms. The van der Waals surface area contributed by atoms with Gasteiger partial charge < -0.3 is 14.4 Å². The van der Waals surface area contributed by atoms with Crippen molar-refractivity contribution in [3.05, 3.63) is 261 Å². The molecule has 0 aliphatic heterocycles. The minimum atomic E-state index is 0.713. The summed E-state index contributed by atoms with van der Waals surface area (Å²) in [6, 6.07) is 90.5. The third-order valence-electron chi connectivity index (χ3n) is 12.6. The van der Waals surface area contributed by atoms with Gasteiger partial charge in [0.05, 0.1) is 16.6 Å². The van der Waals surface area contributed by atoms with Gasteiger partial charge in [0.15, 0.2) is 5.82 Å². The van der Waals surface area contributed by atoms with Gasteiger partial charge in [0.2, 0.25) is 0 Å². The Bertz CT molecular complexity index is 3380. The molecule has 0 radical (unpaired) electrons. The van der Waals surface area contributed by atoms with Gasteiger partial charge in [0.25, 0.3) is 0 Å². The summed E-state index contributed by atoms with van der Waals surface area (Å²) in [5, 5.41) is 3.40. The molecule has 0 saturated heterocycles. The van der Waals surface area contributed by atoms with Gasteiger partial charge in [-0.05, 0) is 150 Å². The van der Waals surface area contributed by atoms with Crippen LogP contribution in [0, 0.1) is 0 Å². The van der Waals surface area contributed by atoms with Crippen LogP contribution < -0.4 is 9.80 Å². The summed E-state index contributed by atoms with van der Waals surface area (Å²) >= 11 is 0. The Morgan fingerprint density at radius 1 is 0.313 bits per heavy atom. The number of nitrogens with zero attached hydrogens (tertiary/aromatic N) is 5. The van der Waals surface area contributed by atoms with Gasteiger partial charge >= 0.3 is 0 Å². The molecule has 0 atom stereocenters. The highest BCUT2D eigenvalue weighted by Gasteiger charge is 2.18. The number of hydrogen-bond donors (Lipinski definition) is 0. The lowest BCUT2D eigenvalue weighted by molar-refractivity contribution is 1.17. The largest absolute Gasteiger partial charge is 0.311 e. The zero-order valence-electron chi connectivity index (χ0n) is 36.6. The summed E-state index contributed by atoms with van der Waals surface area (Å²) in [6.07, 6.45) is 1.90. The highest BCUT2D eigenvalue weighted by molar-refractivity contribution is 6.11. The van der Waals surface area contributed by atoms with E-state index in [0.717, 1.165) is 89.6 Å². The zero-order valence-corrected chi connectivity index (χ0v) is 36.6. The van der Waals surface area contributed by atoms with Crippen LogP contribution in [0.2, 0.25) is 0 Å². The van der Waals surface area contributed by atoms with E-state index in [1.165, 1.54) is 10.8 Å². The standard InChI is InChI=1S/C62H43N5/c1-5-16-50(17-6-1)65(51-18-7-2-8-19-51)54-33-25-44(26-34-54)47-31-39-60-57(41-47)58-42-48(45-27-35-55(36-28-45)66(52-20-9-3-10-21-52)53-22-11-4-12-23-53)32-40-61(58)67(60)56-37-29-46(30-38-56)62-63-43-49-15-13-14-24-59(49)64-62/h1-43H. The molecule has 0 saturated carbocycles. The number of rotatable bonds is 10. The Morgan fingerprint density at radius 3 is 1.13 bits per heavy atom. The number of para-hydroxylation sites is 5. The summed E-state index contributed by atoms with van der Waals surface area (Å²) in [5.74, 6) is 0.713. The molecule has 5 heteroatoms. The van der Waals surface area contributed by atoms with E-state index in [1.54, 1.807) is 0 Å². The lowest BCUT2D eigenvalue weighted by Gasteiger charge is -2.25. The molecule has 316 valence electrons. The van der Waals surface area contributed by atoms with Crippen LogP contribution in [0.5, 0.6) is 0 Å². The minimum Gasteiger partial charge on any atom is -0.311 e. The van der Waals surface area contributed by atoms with Gasteiger partial charge in [-0.3, -0.25) is 0 Å². The molecule has 10 aromatic carbocycles. The fourth-order valence-corrected chi connectivity index (χ4v) is 9.34. The normalized spacial score (nSPS) is 11.3. The number of aromatic nitrogens is 3. The molecular weight excluding hydrogens is 815 g/mol. The van der Waals surface area contributed by atoms with E-state index in [4.69, 9.17) is 9.97 Å². The molecule has 12 rings (SSSR count). The van der Waals surface area contributed by atoms with E-state index < -0.39 is 0 Å². The lowest BCUT2D eigenvalue weighted by Crippen LogP contribution is -2.09. The van der Waals surface area contributed by atoms with Crippen molar-refractivity contribution in [1.29, 1.82) is 0 Å². The molecule has 2 heterocycles.